The molecule has 1 unspecified atom stereocenters. The minimum absolute atomic E-state index is 0. The number of Topliss-reactive ketones (excluding diaryl/α,β-unsaturated/α-hetero) is 1. The Morgan fingerprint density at radius 2 is 0.758 bits per heavy atom. The summed E-state index contributed by atoms with van der Waals surface area (Å²) in [5, 5.41) is 11.8. The number of likely N-dealkylation sites (tertiary alicyclic amines) is 1. The fourth-order valence-corrected chi connectivity index (χ4v) is 17.6. The van der Waals surface area contributed by atoms with Crippen LogP contribution in [0, 0.1) is 0 Å². The molecule has 6 amide bonds. The van der Waals surface area contributed by atoms with Crippen molar-refractivity contribution < 1.29 is 86.2 Å². The fraction of sp³-hybridized carbons (Fsp3) is 0.402. The Kier molecular flexibility index (Phi) is 35.2. The van der Waals surface area contributed by atoms with Crippen molar-refractivity contribution in [1.29, 1.82) is 0 Å². The molecule has 2 N–H and O–H groups in total. The number of carbonyl (C=O) groups is 9. The minimum Gasteiger partial charge on any atom is -0.499 e. The van der Waals surface area contributed by atoms with Gasteiger partial charge in [-0.25, -0.2) is 38.7 Å². The number of ketones is 1. The lowest BCUT2D eigenvalue weighted by molar-refractivity contribution is -0.141. The highest BCUT2D eigenvalue weighted by atomic mass is 16.6. The smallest absolute Gasteiger partial charge is 0.417 e. The topological polar surface area (TPSA) is 269 Å². The minimum atomic E-state index is -1.03. The number of imide groups is 2. The van der Waals surface area contributed by atoms with E-state index >= 15 is 0 Å². The number of hydrogen-bond donors (Lipinski definition) is 2. The molecule has 1 saturated heterocycles. The van der Waals surface area contributed by atoms with E-state index in [0.29, 0.717) is 44.1 Å². The molecule has 22 heteroatoms. The van der Waals surface area contributed by atoms with Gasteiger partial charge in [-0.2, -0.15) is 0 Å². The van der Waals surface area contributed by atoms with Gasteiger partial charge in [-0.3, -0.25) is 19.2 Å². The van der Waals surface area contributed by atoms with E-state index in [1.807, 2.05) is 115 Å². The van der Waals surface area contributed by atoms with Crippen LogP contribution >= 0.6 is 0 Å². The van der Waals surface area contributed by atoms with Crippen LogP contribution in [0.3, 0.4) is 0 Å². The first-order chi connectivity index (χ1) is 59.8. The number of rotatable bonds is 30. The van der Waals surface area contributed by atoms with E-state index in [-0.39, 0.29) is 99.3 Å². The van der Waals surface area contributed by atoms with Gasteiger partial charge in [-0.15, -0.1) is 0 Å². The van der Waals surface area contributed by atoms with Crippen LogP contribution < -0.4 is 5.32 Å². The number of ether oxygens (including phenoxy) is 8. The van der Waals surface area contributed by atoms with E-state index in [1.54, 1.807) is 26.0 Å². The zero-order chi connectivity index (χ0) is 87.5. The van der Waals surface area contributed by atoms with E-state index in [2.05, 4.69) is 123 Å². The van der Waals surface area contributed by atoms with Gasteiger partial charge in [0.25, 0.3) is 5.91 Å². The maximum Gasteiger partial charge on any atom is 0.417 e. The van der Waals surface area contributed by atoms with Gasteiger partial charge in [-0.05, 0) is 122 Å². The van der Waals surface area contributed by atoms with E-state index in [9.17, 15) is 48.3 Å². The van der Waals surface area contributed by atoms with Crippen molar-refractivity contribution in [2.45, 2.75) is 212 Å². The van der Waals surface area contributed by atoms with Crippen LogP contribution in [0.5, 0.6) is 0 Å². The number of aliphatic carboxylic acids is 1. The van der Waals surface area contributed by atoms with Gasteiger partial charge in [-0.1, -0.05) is 306 Å². The number of carbonyl (C=O) groups excluding carboxylic acids is 8. The molecule has 0 aromatic heterocycles. The molecule has 7 aliphatic rings. The number of benzene rings is 8. The highest BCUT2D eigenvalue weighted by molar-refractivity contribution is 6.13. The number of alkyl carbamates (subject to hydrolysis) is 1. The molecule has 0 bridgehead atoms. The first-order valence-corrected chi connectivity index (χ1v) is 43.4. The Morgan fingerprint density at radius 1 is 0.419 bits per heavy atom. The Balaban J connectivity index is 0.000000169. The lowest BCUT2D eigenvalue weighted by Gasteiger charge is -2.29. The summed E-state index contributed by atoms with van der Waals surface area (Å²) in [4.78, 5) is 113. The second-order valence-corrected chi connectivity index (χ2v) is 31.4. The molecule has 0 radical (unpaired) electrons. The number of hydrogen-bond acceptors (Lipinski definition) is 17. The molecule has 4 aliphatic carbocycles. The van der Waals surface area contributed by atoms with Crippen molar-refractivity contribution >= 4 is 53.9 Å². The van der Waals surface area contributed by atoms with Crippen LogP contribution in [0.4, 0.5) is 19.2 Å². The summed E-state index contributed by atoms with van der Waals surface area (Å²) in [5.74, 6) is -1.31. The van der Waals surface area contributed by atoms with Gasteiger partial charge in [0.05, 0.1) is 33.3 Å². The predicted molar refractivity (Wildman–Crippen MR) is 478 cm³/mol. The summed E-state index contributed by atoms with van der Waals surface area (Å²) < 4.78 is 43.5. The van der Waals surface area contributed by atoms with E-state index in [4.69, 9.17) is 33.2 Å². The molecule has 3 heterocycles. The zero-order valence-corrected chi connectivity index (χ0v) is 72.1. The number of nitrogens with zero attached hydrogens (tertiary/aromatic N) is 3. The Morgan fingerprint density at radius 3 is 1.09 bits per heavy atom. The summed E-state index contributed by atoms with van der Waals surface area (Å²) >= 11 is 0. The molecule has 124 heavy (non-hydrogen) atoms. The van der Waals surface area contributed by atoms with E-state index in [1.165, 1.54) is 58.4 Å². The number of amides is 6. The standard InChI is InChI=1S/C26H31NO4.C25H27NO4.C24H25NO4.C22H25NO4.C4H8O2.CH4/c1-4-5-6-15-23-24(29-2)16-25(30-3)27(23)26(28)31-17-22-20-13-9-7-11-18(20)19-12-8-10-14-21(19)22;1-3-4-5-14-22-23(29-2)15-24(27)26(22)25(28)30-16-21-19-12-8-6-10-17(19)18-11-7-9-13-20(18)21;1-2-3-4-13-21-22(26)14-23(27)25(21)24(28)29-15-20-18-11-7-5-9-16(18)17-10-6-8-12-19(17)20;1-2-3-4-13-20(21(24)25)23-22(26)27-14-19-17-11-7-5-9-15(17)16-10-6-8-12-18(16)19;1-3-6-4(2)5;/h7-14,16,22-24H,4-6,15,17H2,1-3H3;6-13,15,21-22H,3-5,14,16H2,1-2H3;5-12,20-21H,2-4,13-15H2,1H3;5-12,19-20H,2-4,13-14H2,1H3,(H,23,26)(H,24,25);3H2,1-2H3;1H4/t23-,24?;22-;21-;20-;;/m0000../s1. The van der Waals surface area contributed by atoms with Crippen LogP contribution in [0.2, 0.25) is 0 Å². The third-order valence-electron chi connectivity index (χ3n) is 23.6. The lowest BCUT2D eigenvalue weighted by Crippen LogP contribution is -2.42. The molecule has 8 aromatic rings. The fourth-order valence-electron chi connectivity index (χ4n) is 17.6. The molecule has 5 atom stereocenters. The second kappa shape index (κ2) is 46.4. The third-order valence-corrected chi connectivity index (χ3v) is 23.6. The molecule has 0 spiro atoms. The SMILES string of the molecule is C.CCCCC[C@H](NC(=O)OCC1c2ccccc2-c2ccccc21)C(=O)O.CCCCC[C@H]1C(=O)CC(=O)N1C(=O)OCC1c2ccccc2-c2ccccc21.CCCCC[C@H]1C(OC)=CC(=O)N1C(=O)OCC1c2ccccc2-c2ccccc21.CCCCC[C@H]1C(OC)C=C(OC)N1C(=O)OCC1c2ccccc2-c2ccccc21.CCOC(C)=O. The van der Waals surface area contributed by atoms with Crippen molar-refractivity contribution in [3.63, 3.8) is 0 Å². The van der Waals surface area contributed by atoms with Crippen LogP contribution in [0.1, 0.15) is 226 Å². The first kappa shape index (κ1) is 94.1. The second-order valence-electron chi connectivity index (χ2n) is 31.4. The summed E-state index contributed by atoms with van der Waals surface area (Å²) in [6.45, 7) is 12.9. The van der Waals surface area contributed by atoms with E-state index in [0.717, 1.165) is 144 Å². The molecule has 1 fully saturated rings. The quantitative estimate of drug-likeness (QED) is 0.0183. The number of carboxylic acids is 1. The highest BCUT2D eigenvalue weighted by Gasteiger charge is 2.46. The average Bonchev–Trinajstić information content (AvgIpc) is 1.62. The molecular formula is C102H120N4O18. The number of nitrogens with one attached hydrogen (secondary N) is 1. The van der Waals surface area contributed by atoms with Gasteiger partial charge < -0.3 is 48.3 Å². The van der Waals surface area contributed by atoms with Crippen LogP contribution in [-0.2, 0) is 61.9 Å². The molecular weight excluding hydrogens is 1570 g/mol. The zero-order valence-electron chi connectivity index (χ0n) is 72.1. The maximum absolute atomic E-state index is 13.2. The van der Waals surface area contributed by atoms with Crippen molar-refractivity contribution in [2.75, 3.05) is 54.4 Å². The van der Waals surface area contributed by atoms with Crippen molar-refractivity contribution in [2.24, 2.45) is 0 Å². The largest absolute Gasteiger partial charge is 0.499 e. The number of esters is 1. The highest BCUT2D eigenvalue weighted by Crippen LogP contribution is 2.49. The van der Waals surface area contributed by atoms with Gasteiger partial charge in [0, 0.05) is 49.9 Å². The van der Waals surface area contributed by atoms with E-state index < -0.39 is 42.2 Å². The number of fused-ring (bicyclic) bond motifs is 12. The molecule has 656 valence electrons. The van der Waals surface area contributed by atoms with Crippen LogP contribution in [0.15, 0.2) is 218 Å². The van der Waals surface area contributed by atoms with Crippen LogP contribution in [-0.4, -0.2) is 158 Å². The monoisotopic (exact) mass is 1690 g/mol. The van der Waals surface area contributed by atoms with Crippen molar-refractivity contribution in [1.82, 2.24) is 20.0 Å². The average molecular weight is 1690 g/mol. The summed E-state index contributed by atoms with van der Waals surface area (Å²) in [6, 6.07) is 63.4. The van der Waals surface area contributed by atoms with Gasteiger partial charge in [0.1, 0.15) is 56.4 Å². The maximum atomic E-state index is 13.2. The molecule has 8 aromatic carbocycles. The van der Waals surface area contributed by atoms with Crippen LogP contribution in [0.25, 0.3) is 44.5 Å². The summed E-state index contributed by atoms with van der Waals surface area (Å²) in [7, 11) is 4.78. The van der Waals surface area contributed by atoms with Crippen molar-refractivity contribution in [3.05, 3.63) is 262 Å². The van der Waals surface area contributed by atoms with Gasteiger partial charge in [0.2, 0.25) is 5.91 Å². The Bertz CT molecular complexity index is 4890. The summed E-state index contributed by atoms with van der Waals surface area (Å²) in [5.41, 5.74) is 18.6. The number of methoxy groups -OCH3 is 3. The molecule has 3 aliphatic heterocycles. The molecule has 15 rings (SSSR count). The number of carboxylic acid groups (broad SMARTS) is 1. The molecule has 0 saturated carbocycles. The number of unbranched alkanes of at least 4 members (excludes halogenated alkanes) is 8. The van der Waals surface area contributed by atoms with Gasteiger partial charge in [0.15, 0.2) is 11.7 Å². The normalized spacial score (nSPS) is 16.7. The molecule has 22 nitrogen and oxygen atoms in total. The van der Waals surface area contributed by atoms with Gasteiger partial charge >= 0.3 is 36.3 Å². The Hall–Kier alpha value is -12.2. The predicted octanol–water partition coefficient (Wildman–Crippen LogP) is 21.4. The lowest BCUT2D eigenvalue weighted by atomic mass is 9.98. The third kappa shape index (κ3) is 22.4. The Labute approximate surface area is 729 Å². The van der Waals surface area contributed by atoms with Crippen molar-refractivity contribution in [3.8, 4) is 44.5 Å². The first-order valence-electron chi connectivity index (χ1n) is 43.4. The summed E-state index contributed by atoms with van der Waals surface area (Å²) in [6.07, 6.45) is 14.8.